The fourth-order valence-electron chi connectivity index (χ4n) is 1.84. The molecule has 4 nitrogen and oxygen atoms in total. The third kappa shape index (κ3) is 3.27. The highest BCUT2D eigenvalue weighted by Crippen LogP contribution is 2.17. The van der Waals surface area contributed by atoms with E-state index in [1.165, 1.54) is 7.11 Å². The number of hydrogen-bond donors (Lipinski definition) is 0. The Hall–Kier alpha value is -0.610. The molecule has 1 aliphatic heterocycles. The highest BCUT2D eigenvalue weighted by Gasteiger charge is 2.25. The number of carbonyl (C=O) groups excluding carboxylic acids is 1. The predicted octanol–water partition coefficient (Wildman–Crippen LogP) is 0.518. The molecule has 0 spiro atoms. The zero-order valence-corrected chi connectivity index (χ0v) is 8.99. The van der Waals surface area contributed by atoms with Crippen LogP contribution in [0.2, 0.25) is 0 Å². The van der Waals surface area contributed by atoms with Crippen LogP contribution < -0.4 is 0 Å². The zero-order chi connectivity index (χ0) is 10.4. The third-order valence-corrected chi connectivity index (χ3v) is 2.65. The average molecular weight is 201 g/mol. The number of methoxy groups -OCH3 is 2. The molecular formula is C10H19NO3. The maximum Gasteiger partial charge on any atom is 0.309 e. The van der Waals surface area contributed by atoms with Gasteiger partial charge in [-0.2, -0.15) is 0 Å². The monoisotopic (exact) mass is 201 g/mol. The van der Waals surface area contributed by atoms with Crippen LogP contribution in [0.5, 0.6) is 0 Å². The molecule has 4 heteroatoms. The molecule has 0 aromatic rings. The molecule has 0 aromatic carbocycles. The summed E-state index contributed by atoms with van der Waals surface area (Å²) in [5.74, 6) is -0.0160. The molecule has 0 radical (unpaired) electrons. The number of likely N-dealkylation sites (tertiary alicyclic amines) is 1. The minimum atomic E-state index is -0.0767. The number of nitrogens with zero attached hydrogens (tertiary/aromatic N) is 1. The number of ether oxygens (including phenoxy) is 2. The van der Waals surface area contributed by atoms with Gasteiger partial charge < -0.3 is 14.4 Å². The topological polar surface area (TPSA) is 38.8 Å². The molecule has 1 atom stereocenters. The minimum Gasteiger partial charge on any atom is -0.469 e. The van der Waals surface area contributed by atoms with E-state index in [0.29, 0.717) is 0 Å². The van der Waals surface area contributed by atoms with Gasteiger partial charge in [-0.05, 0) is 19.4 Å². The molecule has 14 heavy (non-hydrogen) atoms. The van der Waals surface area contributed by atoms with Crippen LogP contribution in [0.1, 0.15) is 12.8 Å². The summed E-state index contributed by atoms with van der Waals surface area (Å²) in [6.07, 6.45) is 2.03. The van der Waals surface area contributed by atoms with Crippen molar-refractivity contribution in [1.82, 2.24) is 4.90 Å². The summed E-state index contributed by atoms with van der Waals surface area (Å²) in [6.45, 7) is 3.52. The fourth-order valence-corrected chi connectivity index (χ4v) is 1.84. The number of carbonyl (C=O) groups is 1. The van der Waals surface area contributed by atoms with Gasteiger partial charge in [0.15, 0.2) is 0 Å². The first kappa shape index (κ1) is 11.5. The third-order valence-electron chi connectivity index (χ3n) is 2.65. The molecule has 1 aliphatic rings. The second kappa shape index (κ2) is 5.98. The van der Waals surface area contributed by atoms with Crippen LogP contribution in [0, 0.1) is 5.92 Å². The number of hydrogen-bond acceptors (Lipinski definition) is 4. The lowest BCUT2D eigenvalue weighted by Crippen LogP contribution is -2.40. The Kier molecular flexibility index (Phi) is 4.90. The first-order chi connectivity index (χ1) is 6.77. The van der Waals surface area contributed by atoms with Gasteiger partial charge in [-0.25, -0.2) is 0 Å². The van der Waals surface area contributed by atoms with Crippen molar-refractivity contribution >= 4 is 5.97 Å². The van der Waals surface area contributed by atoms with Crippen molar-refractivity contribution in [2.45, 2.75) is 12.8 Å². The van der Waals surface area contributed by atoms with Crippen LogP contribution in [0.25, 0.3) is 0 Å². The van der Waals surface area contributed by atoms with Gasteiger partial charge in [0.25, 0.3) is 0 Å². The zero-order valence-electron chi connectivity index (χ0n) is 8.99. The van der Waals surface area contributed by atoms with Gasteiger partial charge in [0, 0.05) is 20.2 Å². The molecule has 1 saturated heterocycles. The molecule has 1 unspecified atom stereocenters. The summed E-state index contributed by atoms with van der Waals surface area (Å²) >= 11 is 0. The molecule has 0 amide bonds. The van der Waals surface area contributed by atoms with Crippen LogP contribution >= 0.6 is 0 Å². The lowest BCUT2D eigenvalue weighted by Gasteiger charge is -2.30. The number of esters is 1. The van der Waals surface area contributed by atoms with Crippen molar-refractivity contribution in [1.29, 1.82) is 0 Å². The van der Waals surface area contributed by atoms with Crippen LogP contribution in [0.15, 0.2) is 0 Å². The van der Waals surface area contributed by atoms with Crippen molar-refractivity contribution in [3.05, 3.63) is 0 Å². The van der Waals surface area contributed by atoms with Gasteiger partial charge >= 0.3 is 5.97 Å². The van der Waals surface area contributed by atoms with Gasteiger partial charge in [0.1, 0.15) is 0 Å². The van der Waals surface area contributed by atoms with E-state index in [2.05, 4.69) is 4.90 Å². The van der Waals surface area contributed by atoms with E-state index in [1.807, 2.05) is 0 Å². The maximum absolute atomic E-state index is 11.3. The number of piperidine rings is 1. The maximum atomic E-state index is 11.3. The van der Waals surface area contributed by atoms with Crippen LogP contribution in [0.4, 0.5) is 0 Å². The van der Waals surface area contributed by atoms with Crippen molar-refractivity contribution in [2.24, 2.45) is 5.92 Å². The normalized spacial score (nSPS) is 23.4. The molecule has 1 heterocycles. The van der Waals surface area contributed by atoms with E-state index in [4.69, 9.17) is 9.47 Å². The standard InChI is InChI=1S/C10H19NO3/c1-13-7-6-11-5-3-4-9(8-11)10(12)14-2/h9H,3-8H2,1-2H3. The van der Waals surface area contributed by atoms with E-state index in [0.717, 1.165) is 39.1 Å². The second-order valence-electron chi connectivity index (χ2n) is 3.66. The molecule has 0 aromatic heterocycles. The summed E-state index contributed by atoms with van der Waals surface area (Å²) in [6, 6.07) is 0. The Labute approximate surface area is 85.2 Å². The molecule has 0 bridgehead atoms. The minimum absolute atomic E-state index is 0.0607. The quantitative estimate of drug-likeness (QED) is 0.621. The first-order valence-corrected chi connectivity index (χ1v) is 5.07. The lowest BCUT2D eigenvalue weighted by atomic mass is 9.98. The average Bonchev–Trinajstić information content (AvgIpc) is 2.25. The largest absolute Gasteiger partial charge is 0.469 e. The molecule has 0 N–H and O–H groups in total. The summed E-state index contributed by atoms with van der Waals surface area (Å²) in [4.78, 5) is 13.6. The molecule has 0 aliphatic carbocycles. The molecule has 1 rings (SSSR count). The van der Waals surface area contributed by atoms with Crippen LogP contribution in [0.3, 0.4) is 0 Å². The Morgan fingerprint density at radius 2 is 2.29 bits per heavy atom. The summed E-state index contributed by atoms with van der Waals surface area (Å²) < 4.78 is 9.75. The Bertz CT molecular complexity index is 184. The molecule has 0 saturated carbocycles. The van der Waals surface area contributed by atoms with Gasteiger partial charge in [-0.3, -0.25) is 4.79 Å². The van der Waals surface area contributed by atoms with Crippen molar-refractivity contribution in [3.63, 3.8) is 0 Å². The SMILES string of the molecule is COCCN1CCCC(C(=O)OC)C1. The summed E-state index contributed by atoms with van der Waals surface area (Å²) in [5.41, 5.74) is 0. The molecule has 82 valence electrons. The molecular weight excluding hydrogens is 182 g/mol. The van der Waals surface area contributed by atoms with Crippen molar-refractivity contribution in [3.8, 4) is 0 Å². The van der Waals surface area contributed by atoms with Crippen molar-refractivity contribution in [2.75, 3.05) is 40.5 Å². The summed E-state index contributed by atoms with van der Waals surface area (Å²) in [7, 11) is 3.15. The Morgan fingerprint density at radius 3 is 2.93 bits per heavy atom. The highest BCUT2D eigenvalue weighted by atomic mass is 16.5. The van der Waals surface area contributed by atoms with E-state index < -0.39 is 0 Å². The van der Waals surface area contributed by atoms with Crippen LogP contribution in [-0.2, 0) is 14.3 Å². The Balaban J connectivity index is 2.31. The smallest absolute Gasteiger partial charge is 0.309 e. The van der Waals surface area contributed by atoms with E-state index in [1.54, 1.807) is 7.11 Å². The van der Waals surface area contributed by atoms with Crippen LogP contribution in [-0.4, -0.2) is 51.3 Å². The van der Waals surface area contributed by atoms with E-state index >= 15 is 0 Å². The Morgan fingerprint density at radius 1 is 1.50 bits per heavy atom. The molecule has 1 fully saturated rings. The second-order valence-corrected chi connectivity index (χ2v) is 3.66. The van der Waals surface area contributed by atoms with Gasteiger partial charge in [0.2, 0.25) is 0 Å². The summed E-state index contributed by atoms with van der Waals surface area (Å²) in [5, 5.41) is 0. The lowest BCUT2D eigenvalue weighted by molar-refractivity contribution is -0.147. The van der Waals surface area contributed by atoms with Gasteiger partial charge in [0.05, 0.1) is 19.6 Å². The van der Waals surface area contributed by atoms with Gasteiger partial charge in [-0.1, -0.05) is 0 Å². The van der Waals surface area contributed by atoms with Gasteiger partial charge in [-0.15, -0.1) is 0 Å². The predicted molar refractivity (Wildman–Crippen MR) is 53.1 cm³/mol. The number of rotatable bonds is 4. The first-order valence-electron chi connectivity index (χ1n) is 5.07. The fraction of sp³-hybridized carbons (Fsp3) is 0.900. The highest BCUT2D eigenvalue weighted by molar-refractivity contribution is 5.72. The van der Waals surface area contributed by atoms with E-state index in [-0.39, 0.29) is 11.9 Å². The van der Waals surface area contributed by atoms with Crippen molar-refractivity contribution < 1.29 is 14.3 Å². The van der Waals surface area contributed by atoms with E-state index in [9.17, 15) is 4.79 Å².